The van der Waals surface area contributed by atoms with Gasteiger partial charge in [-0.25, -0.2) is 4.98 Å². The normalized spacial score (nSPS) is 20.9. The number of nitrogens with one attached hydrogen (secondary N) is 1. The predicted molar refractivity (Wildman–Crippen MR) is 134 cm³/mol. The molecule has 1 amide bonds. The number of hydrogen-bond acceptors (Lipinski definition) is 5. The molecular formula is C26H29N3OS2. The van der Waals surface area contributed by atoms with Crippen molar-refractivity contribution in [1.29, 1.82) is 0 Å². The summed E-state index contributed by atoms with van der Waals surface area (Å²) in [5, 5.41) is 5.65. The summed E-state index contributed by atoms with van der Waals surface area (Å²) in [6.07, 6.45) is 7.61. The van der Waals surface area contributed by atoms with E-state index in [0.717, 1.165) is 17.9 Å². The summed E-state index contributed by atoms with van der Waals surface area (Å²) < 4.78 is 0. The van der Waals surface area contributed by atoms with Crippen LogP contribution in [0.4, 0.5) is 16.5 Å². The molecule has 0 bridgehead atoms. The van der Waals surface area contributed by atoms with Crippen LogP contribution in [0.2, 0.25) is 0 Å². The number of aromatic nitrogens is 1. The lowest BCUT2D eigenvalue weighted by Crippen LogP contribution is -2.25. The molecule has 2 heterocycles. The van der Waals surface area contributed by atoms with E-state index in [0.29, 0.717) is 11.0 Å². The fourth-order valence-corrected chi connectivity index (χ4v) is 6.60. The number of hydrogen-bond donors (Lipinski definition) is 1. The smallest absolute Gasteiger partial charge is 0.233 e. The van der Waals surface area contributed by atoms with E-state index in [2.05, 4.69) is 71.6 Å². The Morgan fingerprint density at radius 1 is 1.12 bits per heavy atom. The second-order valence-corrected chi connectivity index (χ2v) is 11.1. The molecule has 2 aromatic carbocycles. The van der Waals surface area contributed by atoms with E-state index >= 15 is 0 Å². The zero-order valence-corrected chi connectivity index (χ0v) is 20.2. The van der Waals surface area contributed by atoms with Gasteiger partial charge in [0.25, 0.3) is 0 Å². The molecule has 6 heteroatoms. The molecule has 0 saturated heterocycles. The Morgan fingerprint density at radius 3 is 2.69 bits per heavy atom. The van der Waals surface area contributed by atoms with Crippen molar-refractivity contribution in [3.63, 3.8) is 0 Å². The molecule has 1 N–H and O–H groups in total. The lowest BCUT2D eigenvalue weighted by Gasteiger charge is -2.32. The summed E-state index contributed by atoms with van der Waals surface area (Å²) in [5.74, 6) is 1.30. The van der Waals surface area contributed by atoms with E-state index in [1.165, 1.54) is 58.2 Å². The molecular weight excluding hydrogens is 434 g/mol. The second-order valence-electron chi connectivity index (χ2n) is 9.10. The standard InChI is InChI=1S/C26H29N3OS2/c1-17-7-9-18(10-8-17)15-20(25(30)28-26-27-13-14-31-26)19-11-12-24-22(16-19)29(2)21-5-3-4-6-23(21)32-24/h3-6,11-14,16-18,20H,7-10,15H2,1-2H3,(H,27,28,30). The maximum atomic E-state index is 13.4. The summed E-state index contributed by atoms with van der Waals surface area (Å²) >= 11 is 3.28. The minimum Gasteiger partial charge on any atom is -0.343 e. The van der Waals surface area contributed by atoms with Crippen molar-refractivity contribution >= 4 is 45.5 Å². The summed E-state index contributed by atoms with van der Waals surface area (Å²) in [7, 11) is 2.12. The van der Waals surface area contributed by atoms with E-state index in [4.69, 9.17) is 0 Å². The van der Waals surface area contributed by atoms with Gasteiger partial charge < -0.3 is 10.2 Å². The Bertz CT molecular complexity index is 1090. The predicted octanol–water partition coefficient (Wildman–Crippen LogP) is 7.31. The molecule has 5 rings (SSSR count). The van der Waals surface area contributed by atoms with Crippen LogP contribution in [0.15, 0.2) is 63.8 Å². The first-order valence-electron chi connectivity index (χ1n) is 11.4. The van der Waals surface area contributed by atoms with Crippen LogP contribution >= 0.6 is 23.1 Å². The van der Waals surface area contributed by atoms with Gasteiger partial charge in [-0.15, -0.1) is 11.3 Å². The fraction of sp³-hybridized carbons (Fsp3) is 0.385. The highest BCUT2D eigenvalue weighted by atomic mass is 32.2. The van der Waals surface area contributed by atoms with Crippen molar-refractivity contribution in [2.75, 3.05) is 17.3 Å². The number of fused-ring (bicyclic) bond motifs is 2. The molecule has 1 aromatic heterocycles. The lowest BCUT2D eigenvalue weighted by atomic mass is 9.77. The van der Waals surface area contributed by atoms with Crippen molar-refractivity contribution in [3.05, 3.63) is 59.6 Å². The number of thiazole rings is 1. The maximum Gasteiger partial charge on any atom is 0.233 e. The van der Waals surface area contributed by atoms with Gasteiger partial charge in [0.05, 0.1) is 17.3 Å². The largest absolute Gasteiger partial charge is 0.343 e. The Kier molecular flexibility index (Phi) is 6.24. The summed E-state index contributed by atoms with van der Waals surface area (Å²) in [4.78, 5) is 22.5. The van der Waals surface area contributed by atoms with E-state index in [9.17, 15) is 4.79 Å². The second kappa shape index (κ2) is 9.28. The minimum atomic E-state index is -0.168. The molecule has 3 aromatic rings. The number of carbonyl (C=O) groups excluding carboxylic acids is 1. The number of anilines is 3. The van der Waals surface area contributed by atoms with E-state index in [1.54, 1.807) is 18.0 Å². The third-order valence-electron chi connectivity index (χ3n) is 6.88. The van der Waals surface area contributed by atoms with Crippen LogP contribution in [0.1, 0.15) is 50.5 Å². The highest BCUT2D eigenvalue weighted by Gasteiger charge is 2.29. The van der Waals surface area contributed by atoms with Crippen LogP contribution in [-0.4, -0.2) is 17.9 Å². The number of nitrogens with zero attached hydrogens (tertiary/aromatic N) is 2. The molecule has 32 heavy (non-hydrogen) atoms. The topological polar surface area (TPSA) is 45.2 Å². The Balaban J connectivity index is 1.44. The molecule has 1 aliphatic heterocycles. The van der Waals surface area contributed by atoms with Crippen LogP contribution in [0.25, 0.3) is 0 Å². The third-order valence-corrected chi connectivity index (χ3v) is 8.70. The quantitative estimate of drug-likeness (QED) is 0.431. The molecule has 4 nitrogen and oxygen atoms in total. The molecule has 1 unspecified atom stereocenters. The van der Waals surface area contributed by atoms with Crippen molar-refractivity contribution < 1.29 is 4.79 Å². The third kappa shape index (κ3) is 4.44. The van der Waals surface area contributed by atoms with Crippen molar-refractivity contribution in [3.8, 4) is 0 Å². The number of carbonyl (C=O) groups is 1. The van der Waals surface area contributed by atoms with Crippen LogP contribution < -0.4 is 10.2 Å². The molecule has 166 valence electrons. The Morgan fingerprint density at radius 2 is 1.91 bits per heavy atom. The van der Waals surface area contributed by atoms with Gasteiger partial charge in [0.1, 0.15) is 0 Å². The van der Waals surface area contributed by atoms with Crippen molar-refractivity contribution in [2.45, 2.75) is 54.7 Å². The molecule has 0 radical (unpaired) electrons. The van der Waals surface area contributed by atoms with Crippen molar-refractivity contribution in [2.24, 2.45) is 11.8 Å². The van der Waals surface area contributed by atoms with Crippen LogP contribution in [0.3, 0.4) is 0 Å². The van der Waals surface area contributed by atoms with Gasteiger partial charge in [-0.2, -0.15) is 0 Å². The van der Waals surface area contributed by atoms with Crippen LogP contribution in [0, 0.1) is 11.8 Å². The Labute approximate surface area is 198 Å². The Hall–Kier alpha value is -2.31. The van der Waals surface area contributed by atoms with E-state index in [1.807, 2.05) is 5.38 Å². The molecule has 0 spiro atoms. The first-order valence-corrected chi connectivity index (χ1v) is 13.1. The first kappa shape index (κ1) is 21.5. The number of para-hydroxylation sites is 1. The van der Waals surface area contributed by atoms with Crippen LogP contribution in [0.5, 0.6) is 0 Å². The fourth-order valence-electron chi connectivity index (χ4n) is 4.94. The zero-order valence-electron chi connectivity index (χ0n) is 18.6. The van der Waals surface area contributed by atoms with Gasteiger partial charge >= 0.3 is 0 Å². The summed E-state index contributed by atoms with van der Waals surface area (Å²) in [5.41, 5.74) is 3.49. The molecule has 1 saturated carbocycles. The van der Waals surface area contributed by atoms with E-state index < -0.39 is 0 Å². The highest BCUT2D eigenvalue weighted by molar-refractivity contribution is 7.99. The molecule has 1 fully saturated rings. The first-order chi connectivity index (χ1) is 15.6. The van der Waals surface area contributed by atoms with Gasteiger partial charge in [0, 0.05) is 28.4 Å². The van der Waals surface area contributed by atoms with Gasteiger partial charge in [0.2, 0.25) is 5.91 Å². The minimum absolute atomic E-state index is 0.0602. The lowest BCUT2D eigenvalue weighted by molar-refractivity contribution is -0.118. The highest BCUT2D eigenvalue weighted by Crippen LogP contribution is 2.48. The molecule has 2 aliphatic rings. The van der Waals surface area contributed by atoms with Gasteiger partial charge in [0.15, 0.2) is 5.13 Å². The number of amides is 1. The molecule has 1 aliphatic carbocycles. The van der Waals surface area contributed by atoms with Crippen molar-refractivity contribution in [1.82, 2.24) is 4.98 Å². The average molecular weight is 464 g/mol. The summed E-state index contributed by atoms with van der Waals surface area (Å²) in [6.45, 7) is 2.34. The number of rotatable bonds is 5. The number of benzene rings is 2. The monoisotopic (exact) mass is 463 g/mol. The van der Waals surface area contributed by atoms with Crippen LogP contribution in [-0.2, 0) is 4.79 Å². The van der Waals surface area contributed by atoms with E-state index in [-0.39, 0.29) is 11.8 Å². The average Bonchev–Trinajstić information content (AvgIpc) is 3.32. The SMILES string of the molecule is CC1CCC(CC(C(=O)Nc2nccs2)c2ccc3c(c2)N(C)c2ccccc2S3)CC1. The van der Waals surface area contributed by atoms with Gasteiger partial charge in [-0.1, -0.05) is 62.6 Å². The summed E-state index contributed by atoms with van der Waals surface area (Å²) in [6, 6.07) is 15.1. The van der Waals surface area contributed by atoms with Gasteiger partial charge in [-0.3, -0.25) is 4.79 Å². The molecule has 1 atom stereocenters. The van der Waals surface area contributed by atoms with Gasteiger partial charge in [-0.05, 0) is 48.1 Å². The maximum absolute atomic E-state index is 13.4. The zero-order chi connectivity index (χ0) is 22.1.